The van der Waals surface area contributed by atoms with Gasteiger partial charge in [0.15, 0.2) is 0 Å². The Morgan fingerprint density at radius 1 is 1.40 bits per heavy atom. The fourth-order valence-electron chi connectivity index (χ4n) is 2.14. The van der Waals surface area contributed by atoms with Crippen molar-refractivity contribution in [1.82, 2.24) is 15.2 Å². The highest BCUT2D eigenvalue weighted by Gasteiger charge is 2.35. The first kappa shape index (κ1) is 12.8. The van der Waals surface area contributed by atoms with Crippen LogP contribution >= 0.6 is 0 Å². The van der Waals surface area contributed by atoms with Crippen molar-refractivity contribution in [2.75, 3.05) is 4.31 Å². The van der Waals surface area contributed by atoms with Crippen molar-refractivity contribution in [2.45, 2.75) is 17.9 Å². The normalized spacial score (nSPS) is 18.3. The summed E-state index contributed by atoms with van der Waals surface area (Å²) in [5.74, 6) is 0. The number of H-pyrrole nitrogens is 1. The minimum Gasteiger partial charge on any atom is -0.323 e. The largest absolute Gasteiger partial charge is 0.323 e. The summed E-state index contributed by atoms with van der Waals surface area (Å²) in [5, 5.41) is 6.41. The van der Waals surface area contributed by atoms with Crippen LogP contribution in [0.15, 0.2) is 41.4 Å². The number of hydrogen-bond donors (Lipinski definition) is 2. The maximum Gasteiger partial charge on any atom is 0.270 e. The summed E-state index contributed by atoms with van der Waals surface area (Å²) in [7, 11) is -3.74. The number of fused-ring (bicyclic) bond motifs is 1. The molecule has 3 N–H and O–H groups in total. The predicted octanol–water partition coefficient (Wildman–Crippen LogP) is 0.702. The maximum absolute atomic E-state index is 12.8. The second kappa shape index (κ2) is 4.43. The van der Waals surface area contributed by atoms with Gasteiger partial charge in [-0.2, -0.15) is 5.10 Å². The van der Waals surface area contributed by atoms with Crippen LogP contribution in [0.25, 0.3) is 6.08 Å². The van der Waals surface area contributed by atoms with Crippen LogP contribution in [-0.4, -0.2) is 29.6 Å². The van der Waals surface area contributed by atoms with E-state index in [-0.39, 0.29) is 4.90 Å². The van der Waals surface area contributed by atoms with Gasteiger partial charge in [-0.3, -0.25) is 10.1 Å². The van der Waals surface area contributed by atoms with Crippen LogP contribution in [-0.2, 0) is 10.0 Å². The molecule has 104 valence electrons. The Morgan fingerprint density at radius 2 is 2.20 bits per heavy atom. The summed E-state index contributed by atoms with van der Waals surface area (Å²) in [4.78, 5) is 4.05. The molecule has 0 radical (unpaired) electrons. The Kier molecular flexibility index (Phi) is 2.84. The summed E-state index contributed by atoms with van der Waals surface area (Å²) in [5.41, 5.74) is 7.42. The molecule has 2 aromatic rings. The number of pyridine rings is 1. The average Bonchev–Trinajstić information content (AvgIpc) is 2.91. The number of nitrogens with zero attached hydrogens (tertiary/aromatic N) is 3. The first-order valence-electron chi connectivity index (χ1n) is 5.97. The Bertz CT molecular complexity index is 765. The number of anilines is 1. The second-order valence-corrected chi connectivity index (χ2v) is 6.25. The lowest BCUT2D eigenvalue weighted by atomic mass is 10.1. The molecule has 0 aromatic carbocycles. The molecule has 8 heteroatoms. The smallest absolute Gasteiger partial charge is 0.270 e. The van der Waals surface area contributed by atoms with Gasteiger partial charge < -0.3 is 5.73 Å². The fourth-order valence-corrected chi connectivity index (χ4v) is 3.83. The number of aromatic nitrogens is 3. The Balaban J connectivity index is 2.30. The van der Waals surface area contributed by atoms with Crippen molar-refractivity contribution < 1.29 is 8.42 Å². The highest BCUT2D eigenvalue weighted by molar-refractivity contribution is 7.93. The molecule has 1 aliphatic heterocycles. The van der Waals surface area contributed by atoms with E-state index in [2.05, 4.69) is 15.2 Å². The molecule has 0 saturated carbocycles. The van der Waals surface area contributed by atoms with Crippen molar-refractivity contribution in [2.24, 2.45) is 5.73 Å². The SMILES string of the molecule is C[C@H](N)C1=Cc2ccncc2S(=O)(=O)N1c1cn[nH]c1. The Morgan fingerprint density at radius 3 is 2.85 bits per heavy atom. The first-order chi connectivity index (χ1) is 9.51. The van der Waals surface area contributed by atoms with Gasteiger partial charge in [0.05, 0.1) is 17.6 Å². The molecular weight excluding hydrogens is 278 g/mol. The van der Waals surface area contributed by atoms with Gasteiger partial charge in [0, 0.05) is 24.6 Å². The van der Waals surface area contributed by atoms with Crippen molar-refractivity contribution in [1.29, 1.82) is 0 Å². The van der Waals surface area contributed by atoms with Crippen molar-refractivity contribution in [3.63, 3.8) is 0 Å². The van der Waals surface area contributed by atoms with E-state index in [1.165, 1.54) is 22.9 Å². The molecule has 1 aliphatic rings. The second-order valence-electron chi connectivity index (χ2n) is 4.50. The van der Waals surface area contributed by atoms with Gasteiger partial charge in [0.25, 0.3) is 10.0 Å². The summed E-state index contributed by atoms with van der Waals surface area (Å²) in [6.07, 6.45) is 7.60. The Hall–Kier alpha value is -2.19. The third-order valence-electron chi connectivity index (χ3n) is 3.06. The zero-order valence-corrected chi connectivity index (χ0v) is 11.5. The number of sulfonamides is 1. The topological polar surface area (TPSA) is 105 Å². The zero-order chi connectivity index (χ0) is 14.3. The van der Waals surface area contributed by atoms with Crippen LogP contribution in [0.2, 0.25) is 0 Å². The third-order valence-corrected chi connectivity index (χ3v) is 4.86. The van der Waals surface area contributed by atoms with E-state index in [1.807, 2.05) is 0 Å². The van der Waals surface area contributed by atoms with E-state index in [9.17, 15) is 8.42 Å². The average molecular weight is 291 g/mol. The van der Waals surface area contributed by atoms with Crippen LogP contribution in [0.1, 0.15) is 12.5 Å². The maximum atomic E-state index is 12.8. The van der Waals surface area contributed by atoms with Gasteiger partial charge in [-0.15, -0.1) is 0 Å². The van der Waals surface area contributed by atoms with Gasteiger partial charge in [-0.05, 0) is 24.6 Å². The Labute approximate surface area is 116 Å². The van der Waals surface area contributed by atoms with Gasteiger partial charge in [0.1, 0.15) is 4.90 Å². The lowest BCUT2D eigenvalue weighted by molar-refractivity contribution is 0.591. The quantitative estimate of drug-likeness (QED) is 0.847. The summed E-state index contributed by atoms with van der Waals surface area (Å²) in [6, 6.07) is 1.21. The van der Waals surface area contributed by atoms with Crippen LogP contribution < -0.4 is 10.0 Å². The zero-order valence-electron chi connectivity index (χ0n) is 10.7. The molecule has 0 aliphatic carbocycles. The van der Waals surface area contributed by atoms with Crippen LogP contribution in [0.5, 0.6) is 0 Å². The molecule has 0 bridgehead atoms. The molecular formula is C12H13N5O2S. The van der Waals surface area contributed by atoms with E-state index in [4.69, 9.17) is 5.73 Å². The molecule has 20 heavy (non-hydrogen) atoms. The summed E-state index contributed by atoms with van der Waals surface area (Å²) < 4.78 is 26.7. The van der Waals surface area contributed by atoms with Crippen molar-refractivity contribution in [3.05, 3.63) is 42.1 Å². The molecule has 3 heterocycles. The minimum atomic E-state index is -3.74. The van der Waals surface area contributed by atoms with Gasteiger partial charge in [-0.1, -0.05) is 0 Å². The van der Waals surface area contributed by atoms with E-state index in [1.54, 1.807) is 25.3 Å². The molecule has 0 amide bonds. The van der Waals surface area contributed by atoms with Gasteiger partial charge >= 0.3 is 0 Å². The highest BCUT2D eigenvalue weighted by atomic mass is 32.2. The molecule has 0 saturated heterocycles. The van der Waals surface area contributed by atoms with E-state index < -0.39 is 16.1 Å². The van der Waals surface area contributed by atoms with Gasteiger partial charge in [-0.25, -0.2) is 12.7 Å². The van der Waals surface area contributed by atoms with Crippen LogP contribution in [0.4, 0.5) is 5.69 Å². The molecule has 3 rings (SSSR count). The monoisotopic (exact) mass is 291 g/mol. The predicted molar refractivity (Wildman–Crippen MR) is 74.1 cm³/mol. The lowest BCUT2D eigenvalue weighted by Crippen LogP contribution is -2.39. The summed E-state index contributed by atoms with van der Waals surface area (Å²) in [6.45, 7) is 1.74. The van der Waals surface area contributed by atoms with Crippen LogP contribution in [0.3, 0.4) is 0 Å². The van der Waals surface area contributed by atoms with Crippen molar-refractivity contribution in [3.8, 4) is 0 Å². The number of nitrogens with one attached hydrogen (secondary N) is 1. The number of aromatic amines is 1. The first-order valence-corrected chi connectivity index (χ1v) is 7.41. The standard InChI is InChI=1S/C12H13N5O2S/c1-8(13)11-4-9-2-3-14-7-12(9)20(18,19)17(11)10-5-15-16-6-10/h2-8H,13H2,1H3,(H,15,16)/t8-/m0/s1. The number of hydrogen-bond acceptors (Lipinski definition) is 5. The lowest BCUT2D eigenvalue weighted by Gasteiger charge is -2.31. The number of nitrogens with two attached hydrogens (primary N) is 1. The molecule has 2 aromatic heterocycles. The molecule has 1 atom stereocenters. The van der Waals surface area contributed by atoms with Gasteiger partial charge in [0.2, 0.25) is 0 Å². The van der Waals surface area contributed by atoms with E-state index in [0.717, 1.165) is 0 Å². The summed E-state index contributed by atoms with van der Waals surface area (Å²) >= 11 is 0. The highest BCUT2D eigenvalue weighted by Crippen LogP contribution is 2.35. The van der Waals surface area contributed by atoms with E-state index >= 15 is 0 Å². The van der Waals surface area contributed by atoms with Crippen molar-refractivity contribution >= 4 is 21.8 Å². The molecule has 7 nitrogen and oxygen atoms in total. The third kappa shape index (κ3) is 1.81. The van der Waals surface area contributed by atoms with E-state index in [0.29, 0.717) is 16.9 Å². The van der Waals surface area contributed by atoms with Crippen LogP contribution in [0, 0.1) is 0 Å². The molecule has 0 unspecified atom stereocenters. The fraction of sp³-hybridized carbons (Fsp3) is 0.167. The number of rotatable bonds is 2. The molecule has 0 spiro atoms. The minimum absolute atomic E-state index is 0.158. The molecule has 0 fully saturated rings.